The molecule has 1 aromatic carbocycles. The number of hydrogen-bond donors (Lipinski definition) is 0. The van der Waals surface area contributed by atoms with E-state index >= 15 is 0 Å². The number of rotatable bonds is 2. The number of carbonyl (C=O) groups is 3. The third kappa shape index (κ3) is 3.00. The predicted molar refractivity (Wildman–Crippen MR) is 89.8 cm³/mol. The molecule has 26 heavy (non-hydrogen) atoms. The second-order valence-corrected chi connectivity index (χ2v) is 7.31. The molecule has 0 unspecified atom stereocenters. The van der Waals surface area contributed by atoms with Crippen LogP contribution in [0, 0.1) is 10.1 Å². The Morgan fingerprint density at radius 1 is 1.27 bits per heavy atom. The zero-order valence-corrected chi connectivity index (χ0v) is 14.7. The molecule has 0 radical (unpaired) electrons. The van der Waals surface area contributed by atoms with Crippen LogP contribution < -0.4 is 0 Å². The minimum absolute atomic E-state index is 0.0277. The number of benzene rings is 1. The van der Waals surface area contributed by atoms with E-state index in [1.807, 2.05) is 0 Å². The molecule has 138 valence electrons. The van der Waals surface area contributed by atoms with Gasteiger partial charge in [-0.1, -0.05) is 6.07 Å². The minimum Gasteiger partial charge on any atom is -0.444 e. The van der Waals surface area contributed by atoms with E-state index in [1.54, 1.807) is 20.8 Å². The lowest BCUT2D eigenvalue weighted by Gasteiger charge is -2.25. The van der Waals surface area contributed by atoms with Crippen LogP contribution in [0.25, 0.3) is 0 Å². The molecule has 1 fully saturated rings. The minimum atomic E-state index is -0.687. The first kappa shape index (κ1) is 17.8. The fourth-order valence-electron chi connectivity index (χ4n) is 3.21. The van der Waals surface area contributed by atoms with E-state index in [0.717, 1.165) is 4.90 Å². The molecule has 2 aliphatic heterocycles. The van der Waals surface area contributed by atoms with Crippen LogP contribution in [0.2, 0.25) is 0 Å². The van der Waals surface area contributed by atoms with Crippen molar-refractivity contribution in [1.29, 1.82) is 0 Å². The summed E-state index contributed by atoms with van der Waals surface area (Å²) in [6.07, 6.45) is -0.110. The maximum atomic E-state index is 12.7. The third-order valence-electron chi connectivity index (χ3n) is 4.30. The molecular weight excluding hydrogens is 342 g/mol. The van der Waals surface area contributed by atoms with Crippen molar-refractivity contribution >= 4 is 23.6 Å². The summed E-state index contributed by atoms with van der Waals surface area (Å²) >= 11 is 0. The molecule has 0 N–H and O–H groups in total. The summed E-state index contributed by atoms with van der Waals surface area (Å²) in [5, 5.41) is 11.2. The molecule has 0 aliphatic carbocycles. The molecule has 9 nitrogen and oxygen atoms in total. The van der Waals surface area contributed by atoms with Crippen LogP contribution in [0.1, 0.15) is 47.9 Å². The SMILES string of the molecule is CC(C)(C)OC(=O)N1CC[C@@H](N2C(=O)c3cccc([N+](=O)[O-])c3C2=O)C1. The Morgan fingerprint density at radius 2 is 1.96 bits per heavy atom. The number of amides is 3. The van der Waals surface area contributed by atoms with Crippen LogP contribution >= 0.6 is 0 Å². The maximum Gasteiger partial charge on any atom is 0.410 e. The molecule has 3 rings (SSSR count). The van der Waals surface area contributed by atoms with Crippen molar-refractivity contribution in [3.8, 4) is 0 Å². The summed E-state index contributed by atoms with van der Waals surface area (Å²) in [4.78, 5) is 50.5. The molecule has 0 spiro atoms. The summed E-state index contributed by atoms with van der Waals surface area (Å²) in [7, 11) is 0. The molecule has 2 heterocycles. The average Bonchev–Trinajstić information content (AvgIpc) is 3.10. The number of hydrogen-bond acceptors (Lipinski definition) is 6. The van der Waals surface area contributed by atoms with Crippen molar-refractivity contribution in [2.75, 3.05) is 13.1 Å². The smallest absolute Gasteiger partial charge is 0.410 e. The first-order valence-corrected chi connectivity index (χ1v) is 8.23. The van der Waals surface area contributed by atoms with Crippen molar-refractivity contribution in [1.82, 2.24) is 9.80 Å². The highest BCUT2D eigenvalue weighted by Gasteiger charge is 2.46. The molecule has 0 bridgehead atoms. The van der Waals surface area contributed by atoms with Gasteiger partial charge in [0.15, 0.2) is 0 Å². The molecule has 9 heteroatoms. The lowest BCUT2D eigenvalue weighted by Crippen LogP contribution is -2.43. The standard InChI is InChI=1S/C17H19N3O6/c1-17(2,3)26-16(23)18-8-7-10(9-18)19-14(21)11-5-4-6-12(20(24)25)13(11)15(19)22/h4-6,10H,7-9H2,1-3H3/t10-/m1/s1. The molecular formula is C17H19N3O6. The van der Waals surface area contributed by atoms with Gasteiger partial charge in [-0.2, -0.15) is 0 Å². The molecule has 1 aromatic rings. The largest absolute Gasteiger partial charge is 0.444 e. The second-order valence-electron chi connectivity index (χ2n) is 7.31. The number of likely N-dealkylation sites (tertiary alicyclic amines) is 1. The number of fused-ring (bicyclic) bond motifs is 1. The van der Waals surface area contributed by atoms with Gasteiger partial charge < -0.3 is 9.64 Å². The highest BCUT2D eigenvalue weighted by Crippen LogP contribution is 2.33. The lowest BCUT2D eigenvalue weighted by molar-refractivity contribution is -0.385. The van der Waals surface area contributed by atoms with Crippen molar-refractivity contribution < 1.29 is 24.0 Å². The Balaban J connectivity index is 1.81. The quantitative estimate of drug-likeness (QED) is 0.454. The van der Waals surface area contributed by atoms with Crippen molar-refractivity contribution in [2.45, 2.75) is 38.8 Å². The van der Waals surface area contributed by atoms with E-state index in [0.29, 0.717) is 13.0 Å². The number of carbonyl (C=O) groups excluding carboxylic acids is 3. The van der Waals surface area contributed by atoms with Gasteiger partial charge in [-0.3, -0.25) is 24.6 Å². The monoisotopic (exact) mass is 361 g/mol. The van der Waals surface area contributed by atoms with E-state index < -0.39 is 34.5 Å². The van der Waals surface area contributed by atoms with Crippen molar-refractivity contribution in [3.63, 3.8) is 0 Å². The molecule has 1 atom stereocenters. The first-order chi connectivity index (χ1) is 12.1. The molecule has 3 amide bonds. The van der Waals surface area contributed by atoms with Gasteiger partial charge in [-0.05, 0) is 33.3 Å². The highest BCUT2D eigenvalue weighted by molar-refractivity contribution is 6.23. The van der Waals surface area contributed by atoms with Gasteiger partial charge in [0.1, 0.15) is 11.2 Å². The predicted octanol–water partition coefficient (Wildman–Crippen LogP) is 2.20. The summed E-state index contributed by atoms with van der Waals surface area (Å²) in [6, 6.07) is 3.46. The van der Waals surface area contributed by atoms with Crippen LogP contribution in [0.15, 0.2) is 18.2 Å². The fraction of sp³-hybridized carbons (Fsp3) is 0.471. The normalized spacial score (nSPS) is 19.7. The molecule has 0 saturated carbocycles. The van der Waals surface area contributed by atoms with Gasteiger partial charge in [0, 0.05) is 19.2 Å². The van der Waals surface area contributed by atoms with Gasteiger partial charge >= 0.3 is 6.09 Å². The zero-order chi connectivity index (χ0) is 19.2. The van der Waals surface area contributed by atoms with E-state index in [2.05, 4.69) is 0 Å². The number of nitro groups is 1. The Morgan fingerprint density at radius 3 is 2.58 bits per heavy atom. The van der Waals surface area contributed by atoms with Crippen LogP contribution in [0.5, 0.6) is 0 Å². The summed E-state index contributed by atoms with van der Waals surface area (Å²) in [6.45, 7) is 5.74. The van der Waals surface area contributed by atoms with Crippen LogP contribution in [0.3, 0.4) is 0 Å². The van der Waals surface area contributed by atoms with E-state index in [-0.39, 0.29) is 23.4 Å². The van der Waals surface area contributed by atoms with Crippen molar-refractivity contribution in [3.05, 3.63) is 39.4 Å². The summed E-state index contributed by atoms with van der Waals surface area (Å²) < 4.78 is 5.31. The van der Waals surface area contributed by atoms with Gasteiger partial charge in [0.05, 0.1) is 16.5 Å². The van der Waals surface area contributed by atoms with Crippen LogP contribution in [0.4, 0.5) is 10.5 Å². The molecule has 2 aliphatic rings. The van der Waals surface area contributed by atoms with Crippen molar-refractivity contribution in [2.24, 2.45) is 0 Å². The summed E-state index contributed by atoms with van der Waals surface area (Å²) in [5.74, 6) is -1.25. The number of nitro benzene ring substituents is 1. The Hall–Kier alpha value is -2.97. The van der Waals surface area contributed by atoms with Gasteiger partial charge in [-0.25, -0.2) is 4.79 Å². The van der Waals surface area contributed by atoms with Crippen LogP contribution in [-0.2, 0) is 4.74 Å². The van der Waals surface area contributed by atoms with Gasteiger partial charge in [-0.15, -0.1) is 0 Å². The Labute approximate surface area is 149 Å². The maximum absolute atomic E-state index is 12.7. The van der Waals surface area contributed by atoms with E-state index in [4.69, 9.17) is 4.74 Å². The third-order valence-corrected chi connectivity index (χ3v) is 4.30. The lowest BCUT2D eigenvalue weighted by atomic mass is 10.1. The van der Waals surface area contributed by atoms with Gasteiger partial charge in [0.2, 0.25) is 0 Å². The fourth-order valence-corrected chi connectivity index (χ4v) is 3.21. The second kappa shape index (κ2) is 6.08. The topological polar surface area (TPSA) is 110 Å². The van der Waals surface area contributed by atoms with Crippen LogP contribution in [-0.4, -0.2) is 57.4 Å². The Kier molecular flexibility index (Phi) is 4.17. The zero-order valence-electron chi connectivity index (χ0n) is 14.7. The number of nitrogens with zero attached hydrogens (tertiary/aromatic N) is 3. The molecule has 1 saturated heterocycles. The van der Waals surface area contributed by atoms with E-state index in [1.165, 1.54) is 23.1 Å². The number of ether oxygens (including phenoxy) is 1. The molecule has 0 aromatic heterocycles. The number of imide groups is 1. The van der Waals surface area contributed by atoms with E-state index in [9.17, 15) is 24.5 Å². The summed E-state index contributed by atoms with van der Waals surface area (Å²) in [5.41, 5.74) is -1.19. The van der Waals surface area contributed by atoms with Gasteiger partial charge in [0.25, 0.3) is 17.5 Å². The first-order valence-electron chi connectivity index (χ1n) is 8.23. The average molecular weight is 361 g/mol. The Bertz CT molecular complexity index is 813. The highest BCUT2D eigenvalue weighted by atomic mass is 16.6.